The molecule has 13 heavy (non-hydrogen) atoms. The Morgan fingerprint density at radius 1 is 1.46 bits per heavy atom. The summed E-state index contributed by atoms with van der Waals surface area (Å²) in [6, 6.07) is 3.58. The minimum absolute atomic E-state index is 0.389. The second-order valence-electron chi connectivity index (χ2n) is 2.30. The summed E-state index contributed by atoms with van der Waals surface area (Å²) in [6.45, 7) is 0. The van der Waals surface area contributed by atoms with Gasteiger partial charge in [0.2, 0.25) is 0 Å². The first-order valence-electron chi connectivity index (χ1n) is 3.47. The van der Waals surface area contributed by atoms with Gasteiger partial charge in [0.1, 0.15) is 5.15 Å². The molecule has 0 radical (unpaired) electrons. The summed E-state index contributed by atoms with van der Waals surface area (Å²) in [4.78, 5) is 7.92. The number of rotatable bonds is 1. The standard InChI is InChI=1S/C7H5ClN4S/c8-5-4(2-1-3-10-5)6-11-7(9)13-12-6/h1-3H,(H2,9,11,12). The molecule has 6 heteroatoms. The second kappa shape index (κ2) is 3.27. The van der Waals surface area contributed by atoms with Crippen molar-refractivity contribution in [1.29, 1.82) is 0 Å². The molecular weight excluding hydrogens is 208 g/mol. The molecule has 0 amide bonds. The Labute approximate surface area is 83.6 Å². The Morgan fingerprint density at radius 2 is 2.31 bits per heavy atom. The Balaban J connectivity index is 2.52. The second-order valence-corrected chi connectivity index (χ2v) is 3.44. The molecule has 66 valence electrons. The average molecular weight is 213 g/mol. The zero-order chi connectivity index (χ0) is 9.26. The van der Waals surface area contributed by atoms with Gasteiger partial charge in [-0.2, -0.15) is 9.36 Å². The zero-order valence-electron chi connectivity index (χ0n) is 6.44. The van der Waals surface area contributed by atoms with Crippen LogP contribution < -0.4 is 5.73 Å². The number of anilines is 1. The molecule has 0 aliphatic carbocycles. The molecule has 2 heterocycles. The molecule has 0 saturated carbocycles. The van der Waals surface area contributed by atoms with Gasteiger partial charge in [-0.15, -0.1) is 0 Å². The van der Waals surface area contributed by atoms with E-state index in [0.29, 0.717) is 21.7 Å². The maximum atomic E-state index is 5.84. The molecule has 2 rings (SSSR count). The van der Waals surface area contributed by atoms with Crippen molar-refractivity contribution in [3.63, 3.8) is 0 Å². The molecule has 0 aliphatic rings. The van der Waals surface area contributed by atoms with E-state index in [4.69, 9.17) is 17.3 Å². The predicted octanol–water partition coefficient (Wildman–Crippen LogP) is 1.84. The number of pyridine rings is 1. The largest absolute Gasteiger partial charge is 0.374 e. The lowest BCUT2D eigenvalue weighted by atomic mass is 10.3. The minimum atomic E-state index is 0.389. The fourth-order valence-electron chi connectivity index (χ4n) is 0.897. The first-order chi connectivity index (χ1) is 6.27. The van der Waals surface area contributed by atoms with Crippen molar-refractivity contribution in [2.45, 2.75) is 0 Å². The first-order valence-corrected chi connectivity index (χ1v) is 4.62. The monoisotopic (exact) mass is 212 g/mol. The predicted molar refractivity (Wildman–Crippen MR) is 52.6 cm³/mol. The van der Waals surface area contributed by atoms with E-state index in [9.17, 15) is 0 Å². The summed E-state index contributed by atoms with van der Waals surface area (Å²) in [7, 11) is 0. The minimum Gasteiger partial charge on any atom is -0.374 e. The first kappa shape index (κ1) is 8.40. The highest BCUT2D eigenvalue weighted by Crippen LogP contribution is 2.24. The molecular formula is C7H5ClN4S. The van der Waals surface area contributed by atoms with Crippen molar-refractivity contribution in [2.75, 3.05) is 5.73 Å². The third-order valence-corrected chi connectivity index (χ3v) is 2.29. The highest BCUT2D eigenvalue weighted by Gasteiger charge is 2.08. The summed E-state index contributed by atoms with van der Waals surface area (Å²) in [5, 5.41) is 0.815. The van der Waals surface area contributed by atoms with E-state index < -0.39 is 0 Å². The molecule has 0 aliphatic heterocycles. The zero-order valence-corrected chi connectivity index (χ0v) is 8.01. The molecule has 0 bridgehead atoms. The molecule has 2 aromatic rings. The van der Waals surface area contributed by atoms with E-state index in [1.54, 1.807) is 18.3 Å². The highest BCUT2D eigenvalue weighted by molar-refractivity contribution is 7.09. The van der Waals surface area contributed by atoms with Crippen LogP contribution in [0.15, 0.2) is 18.3 Å². The summed E-state index contributed by atoms with van der Waals surface area (Å²) in [5.74, 6) is 0.528. The van der Waals surface area contributed by atoms with Crippen LogP contribution in [-0.2, 0) is 0 Å². The van der Waals surface area contributed by atoms with Crippen LogP contribution in [0.2, 0.25) is 5.15 Å². The van der Waals surface area contributed by atoms with Gasteiger partial charge in [0.15, 0.2) is 11.0 Å². The Kier molecular flexibility index (Phi) is 2.12. The van der Waals surface area contributed by atoms with Gasteiger partial charge in [-0.25, -0.2) is 4.98 Å². The van der Waals surface area contributed by atoms with E-state index in [1.807, 2.05) is 0 Å². The average Bonchev–Trinajstić information content (AvgIpc) is 2.53. The molecule has 0 saturated heterocycles. The van der Waals surface area contributed by atoms with Crippen LogP contribution in [-0.4, -0.2) is 14.3 Å². The number of hydrogen-bond donors (Lipinski definition) is 1. The van der Waals surface area contributed by atoms with Gasteiger partial charge >= 0.3 is 0 Å². The Bertz CT molecular complexity index is 428. The smallest absolute Gasteiger partial charge is 0.200 e. The molecule has 0 spiro atoms. The van der Waals surface area contributed by atoms with Crippen LogP contribution in [0, 0.1) is 0 Å². The fourth-order valence-corrected chi connectivity index (χ4v) is 1.55. The van der Waals surface area contributed by atoms with E-state index in [1.165, 1.54) is 0 Å². The van der Waals surface area contributed by atoms with Crippen LogP contribution >= 0.6 is 23.1 Å². The molecule has 0 unspecified atom stereocenters. The topological polar surface area (TPSA) is 64.7 Å². The summed E-state index contributed by atoms with van der Waals surface area (Å²) in [6.07, 6.45) is 1.61. The van der Waals surface area contributed by atoms with Crippen molar-refractivity contribution in [1.82, 2.24) is 14.3 Å². The van der Waals surface area contributed by atoms with Gasteiger partial charge in [-0.05, 0) is 12.1 Å². The molecule has 0 aromatic carbocycles. The van der Waals surface area contributed by atoms with Gasteiger partial charge in [-0.1, -0.05) is 11.6 Å². The molecule has 0 fully saturated rings. The normalized spacial score (nSPS) is 10.2. The number of nitrogens with zero attached hydrogens (tertiary/aromatic N) is 3. The molecule has 2 aromatic heterocycles. The summed E-state index contributed by atoms with van der Waals surface area (Å²) >= 11 is 6.98. The van der Waals surface area contributed by atoms with E-state index in [2.05, 4.69) is 14.3 Å². The third kappa shape index (κ3) is 1.61. The van der Waals surface area contributed by atoms with Crippen LogP contribution in [0.3, 0.4) is 0 Å². The lowest BCUT2D eigenvalue weighted by molar-refractivity contribution is 1.27. The number of nitrogen functional groups attached to an aromatic ring is 1. The maximum Gasteiger partial charge on any atom is 0.200 e. The van der Waals surface area contributed by atoms with Crippen molar-refractivity contribution >= 4 is 28.3 Å². The van der Waals surface area contributed by atoms with Crippen LogP contribution in [0.5, 0.6) is 0 Å². The summed E-state index contributed by atoms with van der Waals surface area (Å²) in [5.41, 5.74) is 6.15. The lowest BCUT2D eigenvalue weighted by Gasteiger charge is -1.95. The molecule has 0 atom stereocenters. The number of halogens is 1. The Morgan fingerprint density at radius 3 is 2.92 bits per heavy atom. The van der Waals surface area contributed by atoms with Gasteiger partial charge in [0.25, 0.3) is 0 Å². The summed E-state index contributed by atoms with van der Waals surface area (Å²) < 4.78 is 4.03. The van der Waals surface area contributed by atoms with Crippen molar-refractivity contribution < 1.29 is 0 Å². The number of hydrogen-bond acceptors (Lipinski definition) is 5. The van der Waals surface area contributed by atoms with Gasteiger partial charge < -0.3 is 5.73 Å². The van der Waals surface area contributed by atoms with Gasteiger partial charge in [0.05, 0.1) is 5.56 Å². The Hall–Kier alpha value is -1.20. The number of aromatic nitrogens is 3. The number of nitrogens with two attached hydrogens (primary N) is 1. The quantitative estimate of drug-likeness (QED) is 0.733. The SMILES string of the molecule is Nc1nc(-c2cccnc2Cl)ns1. The van der Waals surface area contributed by atoms with Gasteiger partial charge in [-0.3, -0.25) is 0 Å². The van der Waals surface area contributed by atoms with Crippen molar-refractivity contribution in [3.8, 4) is 11.4 Å². The van der Waals surface area contributed by atoms with Crippen LogP contribution in [0.25, 0.3) is 11.4 Å². The van der Waals surface area contributed by atoms with Crippen LogP contribution in [0.4, 0.5) is 5.13 Å². The fraction of sp³-hybridized carbons (Fsp3) is 0. The van der Waals surface area contributed by atoms with E-state index in [-0.39, 0.29) is 0 Å². The van der Waals surface area contributed by atoms with Crippen LogP contribution in [0.1, 0.15) is 0 Å². The third-order valence-electron chi connectivity index (χ3n) is 1.44. The van der Waals surface area contributed by atoms with E-state index >= 15 is 0 Å². The van der Waals surface area contributed by atoms with Crippen molar-refractivity contribution in [3.05, 3.63) is 23.5 Å². The van der Waals surface area contributed by atoms with Crippen molar-refractivity contribution in [2.24, 2.45) is 0 Å². The molecule has 2 N–H and O–H groups in total. The molecule has 4 nitrogen and oxygen atoms in total. The highest BCUT2D eigenvalue weighted by atomic mass is 35.5. The van der Waals surface area contributed by atoms with E-state index in [0.717, 1.165) is 11.5 Å². The lowest BCUT2D eigenvalue weighted by Crippen LogP contribution is -1.86. The van der Waals surface area contributed by atoms with Gasteiger partial charge in [0, 0.05) is 17.7 Å². The maximum absolute atomic E-state index is 5.84.